The third-order valence-corrected chi connectivity index (χ3v) is 5.49. The first-order valence-corrected chi connectivity index (χ1v) is 10.8. The van der Waals surface area contributed by atoms with E-state index in [1.807, 2.05) is 36.4 Å². The van der Waals surface area contributed by atoms with E-state index < -0.39 is 6.04 Å². The maximum Gasteiger partial charge on any atom is 0.251 e. The second kappa shape index (κ2) is 10.1. The monoisotopic (exact) mass is 423 g/mol. The summed E-state index contributed by atoms with van der Waals surface area (Å²) in [5.74, 6) is -0.510. The van der Waals surface area contributed by atoms with Crippen molar-refractivity contribution in [1.82, 2.24) is 10.2 Å². The molecule has 31 heavy (non-hydrogen) atoms. The molecule has 1 heterocycles. The van der Waals surface area contributed by atoms with Crippen LogP contribution in [0.2, 0.25) is 0 Å². The first-order chi connectivity index (χ1) is 14.7. The zero-order chi connectivity index (χ0) is 22.4. The Morgan fingerprint density at radius 2 is 1.61 bits per heavy atom. The summed E-state index contributed by atoms with van der Waals surface area (Å²) in [6.07, 6.45) is 0. The molecule has 1 atom stereocenters. The highest BCUT2D eigenvalue weighted by Crippen LogP contribution is 2.22. The van der Waals surface area contributed by atoms with Crippen LogP contribution < -0.4 is 10.6 Å². The minimum Gasteiger partial charge on any atom is -0.379 e. The summed E-state index contributed by atoms with van der Waals surface area (Å²) in [4.78, 5) is 27.4. The van der Waals surface area contributed by atoms with Gasteiger partial charge in [0.2, 0.25) is 5.91 Å². The molecule has 2 N–H and O–H groups in total. The standard InChI is InChI=1S/C25H33N3O3/c1-18(26-24(30)20-7-9-21(10-8-20)25(2,3)4)23(29)27-22-11-5-19(6-12-22)17-28-13-15-31-16-14-28/h5-12,18H,13-17H2,1-4H3,(H,26,30)(H,27,29). The van der Waals surface area contributed by atoms with Crippen LogP contribution in [0.25, 0.3) is 0 Å². The predicted octanol–water partition coefficient (Wildman–Crippen LogP) is 3.57. The molecular weight excluding hydrogens is 390 g/mol. The Kier molecular flexibility index (Phi) is 7.46. The van der Waals surface area contributed by atoms with Crippen LogP contribution in [0.15, 0.2) is 48.5 Å². The Morgan fingerprint density at radius 3 is 2.19 bits per heavy atom. The molecule has 1 fully saturated rings. The molecule has 2 aromatic rings. The Hall–Kier alpha value is -2.70. The zero-order valence-electron chi connectivity index (χ0n) is 18.9. The Bertz CT molecular complexity index is 880. The van der Waals surface area contributed by atoms with E-state index in [0.29, 0.717) is 11.3 Å². The normalized spacial score (nSPS) is 15.9. The van der Waals surface area contributed by atoms with Crippen molar-refractivity contribution in [3.63, 3.8) is 0 Å². The van der Waals surface area contributed by atoms with Gasteiger partial charge in [-0.15, -0.1) is 0 Å². The number of hydrogen-bond acceptors (Lipinski definition) is 4. The van der Waals surface area contributed by atoms with Crippen LogP contribution in [0.3, 0.4) is 0 Å². The lowest BCUT2D eigenvalue weighted by atomic mass is 9.86. The molecule has 2 amide bonds. The van der Waals surface area contributed by atoms with E-state index in [9.17, 15) is 9.59 Å². The molecular formula is C25H33N3O3. The first-order valence-electron chi connectivity index (χ1n) is 10.8. The van der Waals surface area contributed by atoms with Crippen LogP contribution in [0.5, 0.6) is 0 Å². The number of morpholine rings is 1. The quantitative estimate of drug-likeness (QED) is 0.745. The molecule has 0 saturated carbocycles. The summed E-state index contributed by atoms with van der Waals surface area (Å²) >= 11 is 0. The number of anilines is 1. The number of nitrogens with one attached hydrogen (secondary N) is 2. The van der Waals surface area contributed by atoms with Crippen LogP contribution in [-0.4, -0.2) is 49.1 Å². The fourth-order valence-electron chi connectivity index (χ4n) is 3.43. The second-order valence-electron chi connectivity index (χ2n) is 9.10. The highest BCUT2D eigenvalue weighted by molar-refractivity contribution is 6.00. The van der Waals surface area contributed by atoms with Gasteiger partial charge >= 0.3 is 0 Å². The van der Waals surface area contributed by atoms with Gasteiger partial charge in [-0.25, -0.2) is 0 Å². The molecule has 1 aliphatic heterocycles. The maximum atomic E-state index is 12.5. The number of rotatable bonds is 6. The second-order valence-corrected chi connectivity index (χ2v) is 9.10. The smallest absolute Gasteiger partial charge is 0.251 e. The Labute approximate surface area is 185 Å². The van der Waals surface area contributed by atoms with Gasteiger partial charge in [-0.05, 0) is 47.7 Å². The van der Waals surface area contributed by atoms with Crippen LogP contribution in [0.4, 0.5) is 5.69 Å². The van der Waals surface area contributed by atoms with Crippen molar-refractivity contribution in [2.24, 2.45) is 0 Å². The summed E-state index contributed by atoms with van der Waals surface area (Å²) in [5, 5.41) is 5.64. The molecule has 2 aromatic carbocycles. The fraction of sp³-hybridized carbons (Fsp3) is 0.440. The molecule has 0 spiro atoms. The maximum absolute atomic E-state index is 12.5. The van der Waals surface area contributed by atoms with Gasteiger partial charge in [-0.3, -0.25) is 14.5 Å². The van der Waals surface area contributed by atoms with E-state index in [2.05, 4.69) is 36.3 Å². The van der Waals surface area contributed by atoms with Crippen LogP contribution >= 0.6 is 0 Å². The summed E-state index contributed by atoms with van der Waals surface area (Å²) in [6, 6.07) is 14.7. The van der Waals surface area contributed by atoms with Crippen molar-refractivity contribution >= 4 is 17.5 Å². The highest BCUT2D eigenvalue weighted by Gasteiger charge is 2.18. The summed E-state index contributed by atoms with van der Waals surface area (Å²) < 4.78 is 5.38. The van der Waals surface area contributed by atoms with Crippen molar-refractivity contribution in [2.45, 2.75) is 45.7 Å². The Morgan fingerprint density at radius 1 is 1.00 bits per heavy atom. The van der Waals surface area contributed by atoms with E-state index in [1.165, 1.54) is 5.56 Å². The number of carbonyl (C=O) groups excluding carboxylic acids is 2. The van der Waals surface area contributed by atoms with Gasteiger partial charge < -0.3 is 15.4 Å². The van der Waals surface area contributed by atoms with Gasteiger partial charge in [-0.2, -0.15) is 0 Å². The van der Waals surface area contributed by atoms with Crippen molar-refractivity contribution in [3.05, 3.63) is 65.2 Å². The Balaban J connectivity index is 1.51. The van der Waals surface area contributed by atoms with Gasteiger partial charge in [0, 0.05) is 30.9 Å². The van der Waals surface area contributed by atoms with E-state index in [4.69, 9.17) is 4.74 Å². The van der Waals surface area contributed by atoms with E-state index >= 15 is 0 Å². The molecule has 0 aliphatic carbocycles. The van der Waals surface area contributed by atoms with Crippen LogP contribution in [0, 0.1) is 0 Å². The minimum atomic E-state index is -0.650. The SMILES string of the molecule is CC(NC(=O)c1ccc(C(C)(C)C)cc1)C(=O)Nc1ccc(CN2CCOCC2)cc1. The number of benzene rings is 2. The lowest BCUT2D eigenvalue weighted by Gasteiger charge is -2.26. The largest absolute Gasteiger partial charge is 0.379 e. The van der Waals surface area contributed by atoms with Crippen molar-refractivity contribution in [3.8, 4) is 0 Å². The molecule has 6 heteroatoms. The van der Waals surface area contributed by atoms with Gasteiger partial charge in [0.15, 0.2) is 0 Å². The number of amides is 2. The summed E-state index contributed by atoms with van der Waals surface area (Å²) in [6.45, 7) is 12.4. The van der Waals surface area contributed by atoms with Crippen molar-refractivity contribution < 1.29 is 14.3 Å². The van der Waals surface area contributed by atoms with Gasteiger partial charge in [0.05, 0.1) is 13.2 Å². The summed E-state index contributed by atoms with van der Waals surface area (Å²) in [7, 11) is 0. The van der Waals surface area contributed by atoms with Gasteiger partial charge in [0.25, 0.3) is 5.91 Å². The minimum absolute atomic E-state index is 0.0277. The molecule has 6 nitrogen and oxygen atoms in total. The predicted molar refractivity (Wildman–Crippen MR) is 123 cm³/mol. The average Bonchev–Trinajstić information content (AvgIpc) is 2.75. The molecule has 1 aliphatic rings. The molecule has 0 aromatic heterocycles. The topological polar surface area (TPSA) is 70.7 Å². The first kappa shape index (κ1) is 23.0. The van der Waals surface area contributed by atoms with Crippen molar-refractivity contribution in [2.75, 3.05) is 31.6 Å². The zero-order valence-corrected chi connectivity index (χ0v) is 18.9. The van der Waals surface area contributed by atoms with Gasteiger partial charge in [-0.1, -0.05) is 45.0 Å². The summed E-state index contributed by atoms with van der Waals surface area (Å²) in [5.41, 5.74) is 3.64. The van der Waals surface area contributed by atoms with E-state index in [0.717, 1.165) is 38.4 Å². The number of ether oxygens (including phenoxy) is 1. The lowest BCUT2D eigenvalue weighted by Crippen LogP contribution is -2.41. The average molecular weight is 424 g/mol. The molecule has 166 valence electrons. The van der Waals surface area contributed by atoms with Crippen LogP contribution in [-0.2, 0) is 21.5 Å². The number of hydrogen-bond donors (Lipinski definition) is 2. The molecule has 1 saturated heterocycles. The third kappa shape index (κ3) is 6.64. The van der Waals surface area contributed by atoms with E-state index in [1.54, 1.807) is 19.1 Å². The molecule has 0 radical (unpaired) electrons. The van der Waals surface area contributed by atoms with Crippen LogP contribution in [0.1, 0.15) is 49.2 Å². The fourth-order valence-corrected chi connectivity index (χ4v) is 3.43. The van der Waals surface area contributed by atoms with Crippen molar-refractivity contribution in [1.29, 1.82) is 0 Å². The lowest BCUT2D eigenvalue weighted by molar-refractivity contribution is -0.117. The third-order valence-electron chi connectivity index (χ3n) is 5.49. The molecule has 0 bridgehead atoms. The highest BCUT2D eigenvalue weighted by atomic mass is 16.5. The molecule has 1 unspecified atom stereocenters. The molecule has 3 rings (SSSR count). The van der Waals surface area contributed by atoms with E-state index in [-0.39, 0.29) is 17.2 Å². The van der Waals surface area contributed by atoms with Gasteiger partial charge in [0.1, 0.15) is 6.04 Å². The number of carbonyl (C=O) groups is 2. The number of nitrogens with zero attached hydrogens (tertiary/aromatic N) is 1.